The number of hydrogen-bond donors (Lipinski definition) is 1. The summed E-state index contributed by atoms with van der Waals surface area (Å²) in [6.07, 6.45) is 3.75. The first-order valence-electron chi connectivity index (χ1n) is 7.33. The zero-order valence-electron chi connectivity index (χ0n) is 12.0. The van der Waals surface area contributed by atoms with E-state index in [1.54, 1.807) is 11.9 Å². The van der Waals surface area contributed by atoms with E-state index in [2.05, 4.69) is 17.1 Å². The minimum atomic E-state index is -0.258. The van der Waals surface area contributed by atoms with E-state index in [4.69, 9.17) is 0 Å². The molecule has 2 heterocycles. The maximum atomic E-state index is 12.0. The highest BCUT2D eigenvalue weighted by molar-refractivity contribution is 5.90. The van der Waals surface area contributed by atoms with Crippen molar-refractivity contribution in [1.29, 1.82) is 0 Å². The molecule has 5 nitrogen and oxygen atoms in total. The lowest BCUT2D eigenvalue weighted by Gasteiger charge is -2.23. The molecule has 0 saturated carbocycles. The van der Waals surface area contributed by atoms with Gasteiger partial charge in [-0.25, -0.2) is 0 Å². The Morgan fingerprint density at radius 3 is 2.68 bits per heavy atom. The Bertz CT molecular complexity index is 340. The third-order valence-corrected chi connectivity index (χ3v) is 4.19. The Morgan fingerprint density at radius 2 is 2.11 bits per heavy atom. The fourth-order valence-corrected chi connectivity index (χ4v) is 2.97. The van der Waals surface area contributed by atoms with Gasteiger partial charge in [0.1, 0.15) is 6.04 Å². The Hall–Kier alpha value is -1.10. The number of carbonyl (C=O) groups is 2. The molecule has 1 N–H and O–H groups in total. The summed E-state index contributed by atoms with van der Waals surface area (Å²) in [6.45, 7) is 6.31. The van der Waals surface area contributed by atoms with E-state index in [1.807, 2.05) is 0 Å². The summed E-state index contributed by atoms with van der Waals surface area (Å²) in [6, 6.07) is -0.258. The minimum Gasteiger partial charge on any atom is -0.354 e. The average Bonchev–Trinajstić information content (AvgIpc) is 2.99. The van der Waals surface area contributed by atoms with Crippen molar-refractivity contribution in [2.75, 3.05) is 33.2 Å². The minimum absolute atomic E-state index is 0.00150. The zero-order valence-corrected chi connectivity index (χ0v) is 12.0. The first kappa shape index (κ1) is 14.3. The molecule has 0 aliphatic carbocycles. The van der Waals surface area contributed by atoms with E-state index >= 15 is 0 Å². The molecule has 2 atom stereocenters. The van der Waals surface area contributed by atoms with E-state index in [0.717, 1.165) is 6.54 Å². The predicted molar refractivity (Wildman–Crippen MR) is 73.6 cm³/mol. The Labute approximate surface area is 115 Å². The highest BCUT2D eigenvalue weighted by Gasteiger charge is 2.33. The van der Waals surface area contributed by atoms with Gasteiger partial charge in [0.25, 0.3) is 0 Å². The van der Waals surface area contributed by atoms with Gasteiger partial charge in [-0.3, -0.25) is 9.59 Å². The fraction of sp³-hybridized carbons (Fsp3) is 0.857. The van der Waals surface area contributed by atoms with E-state index < -0.39 is 0 Å². The number of hydrogen-bond acceptors (Lipinski definition) is 3. The summed E-state index contributed by atoms with van der Waals surface area (Å²) in [5.41, 5.74) is 0. The van der Waals surface area contributed by atoms with Gasteiger partial charge in [0.15, 0.2) is 0 Å². The molecule has 5 heteroatoms. The fourth-order valence-electron chi connectivity index (χ4n) is 2.97. The summed E-state index contributed by atoms with van der Waals surface area (Å²) >= 11 is 0. The molecule has 2 unspecified atom stereocenters. The van der Waals surface area contributed by atoms with Crippen LogP contribution < -0.4 is 5.32 Å². The number of amides is 2. The molecule has 0 spiro atoms. The standard InChI is InChI=1S/C14H25N3O2/c1-11(10-17-7-3-4-8-17)9-15-14(19)12-5-6-13(18)16(12)2/h11-12H,3-10H2,1-2H3,(H,15,19). The van der Waals surface area contributed by atoms with E-state index in [9.17, 15) is 9.59 Å². The number of carbonyl (C=O) groups excluding carboxylic acids is 2. The Kier molecular flexibility index (Phi) is 4.80. The van der Waals surface area contributed by atoms with Crippen LogP contribution >= 0.6 is 0 Å². The van der Waals surface area contributed by atoms with Gasteiger partial charge >= 0.3 is 0 Å². The summed E-state index contributed by atoms with van der Waals surface area (Å²) in [4.78, 5) is 27.5. The van der Waals surface area contributed by atoms with Crippen molar-refractivity contribution >= 4 is 11.8 Å². The molecule has 2 fully saturated rings. The number of nitrogens with one attached hydrogen (secondary N) is 1. The van der Waals surface area contributed by atoms with Crippen LogP contribution in [-0.2, 0) is 9.59 Å². The third-order valence-electron chi connectivity index (χ3n) is 4.19. The molecule has 2 aliphatic heterocycles. The number of likely N-dealkylation sites (N-methyl/N-ethyl adjacent to an activating group) is 1. The smallest absolute Gasteiger partial charge is 0.242 e. The predicted octanol–water partition coefficient (Wildman–Crippen LogP) is 0.455. The summed E-state index contributed by atoms with van der Waals surface area (Å²) in [5, 5.41) is 2.99. The largest absolute Gasteiger partial charge is 0.354 e. The van der Waals surface area contributed by atoms with E-state index in [1.165, 1.54) is 25.9 Å². The summed E-state index contributed by atoms with van der Waals surface area (Å²) < 4.78 is 0. The van der Waals surface area contributed by atoms with Gasteiger partial charge in [-0.05, 0) is 38.3 Å². The van der Waals surface area contributed by atoms with Crippen molar-refractivity contribution < 1.29 is 9.59 Å². The molecular formula is C14H25N3O2. The second-order valence-electron chi connectivity index (χ2n) is 5.92. The van der Waals surface area contributed by atoms with Gasteiger partial charge in [0.05, 0.1) is 0 Å². The average molecular weight is 267 g/mol. The van der Waals surface area contributed by atoms with Crippen LogP contribution in [0.3, 0.4) is 0 Å². The molecule has 2 saturated heterocycles. The van der Waals surface area contributed by atoms with Crippen molar-refractivity contribution in [3.63, 3.8) is 0 Å². The molecule has 19 heavy (non-hydrogen) atoms. The van der Waals surface area contributed by atoms with Crippen molar-refractivity contribution in [3.8, 4) is 0 Å². The quantitative estimate of drug-likeness (QED) is 0.787. The molecule has 0 bridgehead atoms. The SMILES string of the molecule is CC(CNC(=O)C1CCC(=O)N1C)CN1CCCC1. The highest BCUT2D eigenvalue weighted by Crippen LogP contribution is 2.16. The third kappa shape index (κ3) is 3.69. The van der Waals surface area contributed by atoms with Crippen molar-refractivity contribution in [2.24, 2.45) is 5.92 Å². The maximum absolute atomic E-state index is 12.0. The second kappa shape index (κ2) is 6.37. The van der Waals surface area contributed by atoms with Crippen LogP contribution in [0.2, 0.25) is 0 Å². The molecule has 0 aromatic heterocycles. The Balaban J connectivity index is 1.69. The first-order valence-corrected chi connectivity index (χ1v) is 7.33. The van der Waals surface area contributed by atoms with Crippen molar-refractivity contribution in [1.82, 2.24) is 15.1 Å². The summed E-state index contributed by atoms with van der Waals surface area (Å²) in [7, 11) is 1.72. The zero-order chi connectivity index (χ0) is 13.8. The summed E-state index contributed by atoms with van der Waals surface area (Å²) in [5.74, 6) is 0.538. The van der Waals surface area contributed by atoms with Crippen LogP contribution in [0.1, 0.15) is 32.6 Å². The van der Waals surface area contributed by atoms with Gasteiger partial charge in [0, 0.05) is 26.6 Å². The van der Waals surface area contributed by atoms with Crippen LogP contribution in [0.25, 0.3) is 0 Å². The molecule has 2 rings (SSSR count). The van der Waals surface area contributed by atoms with Crippen LogP contribution in [0.4, 0.5) is 0 Å². The second-order valence-corrected chi connectivity index (χ2v) is 5.92. The highest BCUT2D eigenvalue weighted by atomic mass is 16.2. The van der Waals surface area contributed by atoms with Gasteiger partial charge in [-0.15, -0.1) is 0 Å². The van der Waals surface area contributed by atoms with Crippen LogP contribution in [0.5, 0.6) is 0 Å². The van der Waals surface area contributed by atoms with Crippen LogP contribution in [0, 0.1) is 5.92 Å². The normalized spacial score (nSPS) is 25.9. The van der Waals surface area contributed by atoms with Gasteiger partial charge in [-0.2, -0.15) is 0 Å². The van der Waals surface area contributed by atoms with Gasteiger partial charge in [0.2, 0.25) is 11.8 Å². The Morgan fingerprint density at radius 1 is 1.42 bits per heavy atom. The number of nitrogens with zero attached hydrogens (tertiary/aromatic N) is 2. The van der Waals surface area contributed by atoms with Gasteiger partial charge < -0.3 is 15.1 Å². The topological polar surface area (TPSA) is 52.7 Å². The van der Waals surface area contributed by atoms with Crippen molar-refractivity contribution in [2.45, 2.75) is 38.6 Å². The molecule has 0 aromatic rings. The number of rotatable bonds is 5. The lowest BCUT2D eigenvalue weighted by atomic mass is 10.1. The lowest BCUT2D eigenvalue weighted by molar-refractivity contribution is -0.133. The lowest BCUT2D eigenvalue weighted by Crippen LogP contribution is -2.44. The molecular weight excluding hydrogens is 242 g/mol. The van der Waals surface area contributed by atoms with Crippen LogP contribution in [0.15, 0.2) is 0 Å². The van der Waals surface area contributed by atoms with E-state index in [0.29, 0.717) is 25.3 Å². The number of likely N-dealkylation sites (tertiary alicyclic amines) is 2. The van der Waals surface area contributed by atoms with E-state index in [-0.39, 0.29) is 17.9 Å². The van der Waals surface area contributed by atoms with Gasteiger partial charge in [-0.1, -0.05) is 6.92 Å². The monoisotopic (exact) mass is 267 g/mol. The maximum Gasteiger partial charge on any atom is 0.242 e. The molecule has 2 amide bonds. The molecule has 0 aromatic carbocycles. The van der Waals surface area contributed by atoms with Crippen LogP contribution in [-0.4, -0.2) is 60.9 Å². The van der Waals surface area contributed by atoms with Crippen molar-refractivity contribution in [3.05, 3.63) is 0 Å². The molecule has 0 radical (unpaired) electrons. The molecule has 108 valence electrons. The first-order chi connectivity index (χ1) is 9.08. The molecule has 2 aliphatic rings.